The largest absolute Gasteiger partial charge is 0.482 e. The monoisotopic (exact) mass is 616 g/mol. The van der Waals surface area contributed by atoms with Gasteiger partial charge in [-0.25, -0.2) is 0 Å². The molecule has 2 amide bonds. The Bertz CT molecular complexity index is 908. The summed E-state index contributed by atoms with van der Waals surface area (Å²) in [6.45, 7) is 4.62. The molecule has 200 valence electrons. The Morgan fingerprint density at radius 2 is 1.94 bits per heavy atom. The lowest BCUT2D eigenvalue weighted by Gasteiger charge is -2.40. The SMILES string of the molecule is CCOCCCN(C(=O)CCCC(C)=O)C1CC(C(=O)NCCO)=CC(Oc2ccccc2I)C1O. The molecule has 3 unspecified atom stereocenters. The Labute approximate surface area is 226 Å². The van der Waals surface area contributed by atoms with Crippen molar-refractivity contribution in [2.45, 2.75) is 64.2 Å². The molecule has 36 heavy (non-hydrogen) atoms. The highest BCUT2D eigenvalue weighted by atomic mass is 127. The van der Waals surface area contributed by atoms with Crippen molar-refractivity contribution in [1.29, 1.82) is 0 Å². The van der Waals surface area contributed by atoms with Crippen molar-refractivity contribution in [3.8, 4) is 5.75 Å². The minimum absolute atomic E-state index is 0.0140. The van der Waals surface area contributed by atoms with Gasteiger partial charge in [-0.3, -0.25) is 9.59 Å². The molecule has 1 aliphatic carbocycles. The van der Waals surface area contributed by atoms with E-state index in [4.69, 9.17) is 14.6 Å². The highest BCUT2D eigenvalue weighted by molar-refractivity contribution is 14.1. The van der Waals surface area contributed by atoms with Crippen LogP contribution in [0.1, 0.15) is 46.0 Å². The molecule has 3 atom stereocenters. The van der Waals surface area contributed by atoms with Crippen LogP contribution in [-0.4, -0.2) is 83.9 Å². The number of ether oxygens (including phenoxy) is 2. The van der Waals surface area contributed by atoms with Gasteiger partial charge in [0, 0.05) is 51.1 Å². The molecule has 0 heterocycles. The van der Waals surface area contributed by atoms with Crippen molar-refractivity contribution in [3.63, 3.8) is 0 Å². The molecular formula is C26H37IN2O7. The number of nitrogens with one attached hydrogen (secondary N) is 1. The number of nitrogens with zero attached hydrogens (tertiary/aromatic N) is 1. The van der Waals surface area contributed by atoms with Gasteiger partial charge in [0.2, 0.25) is 11.8 Å². The zero-order chi connectivity index (χ0) is 26.5. The molecule has 0 aliphatic heterocycles. The number of halogens is 1. The van der Waals surface area contributed by atoms with Crippen LogP contribution >= 0.6 is 22.6 Å². The third kappa shape index (κ3) is 9.45. The molecule has 1 aromatic carbocycles. The molecule has 0 saturated heterocycles. The van der Waals surface area contributed by atoms with Crippen molar-refractivity contribution in [2.24, 2.45) is 0 Å². The van der Waals surface area contributed by atoms with E-state index in [9.17, 15) is 19.5 Å². The molecule has 0 fully saturated rings. The lowest BCUT2D eigenvalue weighted by atomic mass is 9.87. The van der Waals surface area contributed by atoms with E-state index in [-0.39, 0.29) is 43.6 Å². The zero-order valence-corrected chi connectivity index (χ0v) is 23.1. The fourth-order valence-corrected chi connectivity index (χ4v) is 4.57. The summed E-state index contributed by atoms with van der Waals surface area (Å²) in [5.74, 6) is 0.00223. The van der Waals surface area contributed by atoms with E-state index in [1.165, 1.54) is 6.92 Å². The first-order chi connectivity index (χ1) is 17.3. The fourth-order valence-electron chi connectivity index (χ4n) is 4.06. The molecule has 0 spiro atoms. The maximum Gasteiger partial charge on any atom is 0.247 e. The number of Topliss-reactive ketones (excluding diaryl/α,β-unsaturated/α-hetero) is 1. The van der Waals surface area contributed by atoms with Gasteiger partial charge in [-0.2, -0.15) is 0 Å². The van der Waals surface area contributed by atoms with E-state index in [2.05, 4.69) is 27.9 Å². The maximum atomic E-state index is 13.3. The van der Waals surface area contributed by atoms with Crippen LogP contribution in [0.5, 0.6) is 5.75 Å². The molecule has 3 N–H and O–H groups in total. The number of amides is 2. The molecule has 1 aromatic rings. The van der Waals surface area contributed by atoms with Crippen molar-refractivity contribution >= 4 is 40.2 Å². The summed E-state index contributed by atoms with van der Waals surface area (Å²) in [5.41, 5.74) is 0.376. The second-order valence-corrected chi connectivity index (χ2v) is 9.80. The third-order valence-electron chi connectivity index (χ3n) is 5.85. The van der Waals surface area contributed by atoms with Gasteiger partial charge in [0.1, 0.15) is 23.7 Å². The van der Waals surface area contributed by atoms with E-state index in [0.717, 1.165) is 3.57 Å². The van der Waals surface area contributed by atoms with Gasteiger partial charge in [0.15, 0.2) is 0 Å². The highest BCUT2D eigenvalue weighted by Crippen LogP contribution is 2.30. The van der Waals surface area contributed by atoms with Crippen LogP contribution in [0, 0.1) is 3.57 Å². The Hall–Kier alpha value is -2.02. The Kier molecular flexibility index (Phi) is 13.4. The summed E-state index contributed by atoms with van der Waals surface area (Å²) in [6.07, 6.45) is 1.22. The minimum atomic E-state index is -1.08. The number of carbonyl (C=O) groups is 3. The molecule has 9 nitrogen and oxygen atoms in total. The Morgan fingerprint density at radius 1 is 1.19 bits per heavy atom. The number of ketones is 1. The molecule has 0 saturated carbocycles. The fraction of sp³-hybridized carbons (Fsp3) is 0.577. The lowest BCUT2D eigenvalue weighted by molar-refractivity contribution is -0.139. The Morgan fingerprint density at radius 3 is 2.61 bits per heavy atom. The summed E-state index contributed by atoms with van der Waals surface area (Å²) >= 11 is 2.14. The van der Waals surface area contributed by atoms with Crippen LogP contribution in [0.3, 0.4) is 0 Å². The molecule has 0 aromatic heterocycles. The molecule has 0 radical (unpaired) electrons. The zero-order valence-electron chi connectivity index (χ0n) is 21.0. The predicted octanol–water partition coefficient (Wildman–Crippen LogP) is 2.22. The molecule has 0 bridgehead atoms. The van der Waals surface area contributed by atoms with Crippen molar-refractivity contribution in [2.75, 3.05) is 32.9 Å². The number of aliphatic hydroxyl groups excluding tert-OH is 2. The van der Waals surface area contributed by atoms with E-state index in [1.54, 1.807) is 17.0 Å². The van der Waals surface area contributed by atoms with E-state index in [0.29, 0.717) is 50.3 Å². The van der Waals surface area contributed by atoms with Crippen molar-refractivity contribution in [1.82, 2.24) is 10.2 Å². The molecule has 1 aliphatic rings. The van der Waals surface area contributed by atoms with E-state index in [1.807, 2.05) is 25.1 Å². The van der Waals surface area contributed by atoms with Gasteiger partial charge in [-0.05, 0) is 67.5 Å². The second kappa shape index (κ2) is 16.0. The van der Waals surface area contributed by atoms with Gasteiger partial charge in [0.05, 0.1) is 16.2 Å². The first kappa shape index (κ1) is 30.2. The minimum Gasteiger partial charge on any atom is -0.482 e. The second-order valence-electron chi connectivity index (χ2n) is 8.64. The number of hydrogen-bond donors (Lipinski definition) is 3. The number of hydrogen-bond acceptors (Lipinski definition) is 7. The van der Waals surface area contributed by atoms with Crippen LogP contribution in [0.4, 0.5) is 0 Å². The van der Waals surface area contributed by atoms with Crippen LogP contribution in [-0.2, 0) is 19.1 Å². The van der Waals surface area contributed by atoms with Crippen molar-refractivity contribution < 1.29 is 34.1 Å². The smallest absolute Gasteiger partial charge is 0.247 e. The van der Waals surface area contributed by atoms with Gasteiger partial charge in [0.25, 0.3) is 0 Å². The lowest BCUT2D eigenvalue weighted by Crippen LogP contribution is -2.55. The standard InChI is InChI=1S/C26H37IN2O7/c1-3-35-15-7-13-29(24(32)11-6-8-18(2)31)21-16-19(26(34)28-12-14-30)17-23(25(21)33)36-22-10-5-4-9-20(22)27/h4-5,9-10,17,21,23,25,30,33H,3,6-8,11-16H2,1-2H3,(H,28,34). The van der Waals surface area contributed by atoms with E-state index < -0.39 is 18.2 Å². The molecule has 10 heteroatoms. The average Bonchev–Trinajstić information content (AvgIpc) is 2.85. The third-order valence-corrected chi connectivity index (χ3v) is 6.74. The van der Waals surface area contributed by atoms with Gasteiger partial charge in [-0.1, -0.05) is 12.1 Å². The van der Waals surface area contributed by atoms with Crippen LogP contribution in [0.2, 0.25) is 0 Å². The van der Waals surface area contributed by atoms with Gasteiger partial charge < -0.3 is 34.7 Å². The first-order valence-electron chi connectivity index (χ1n) is 12.3. The number of rotatable bonds is 15. The molecular weight excluding hydrogens is 579 g/mol. The summed E-state index contributed by atoms with van der Waals surface area (Å²) < 4.78 is 12.4. The summed E-state index contributed by atoms with van der Waals surface area (Å²) in [5, 5.41) is 23.1. The van der Waals surface area contributed by atoms with Gasteiger partial charge in [-0.15, -0.1) is 0 Å². The van der Waals surface area contributed by atoms with E-state index >= 15 is 0 Å². The normalized spacial score (nSPS) is 19.4. The summed E-state index contributed by atoms with van der Waals surface area (Å²) in [6, 6.07) is 6.64. The topological polar surface area (TPSA) is 125 Å². The summed E-state index contributed by atoms with van der Waals surface area (Å²) in [4.78, 5) is 39.1. The van der Waals surface area contributed by atoms with Crippen LogP contribution in [0.25, 0.3) is 0 Å². The number of carbonyl (C=O) groups excluding carboxylic acids is 3. The average molecular weight is 616 g/mol. The van der Waals surface area contributed by atoms with Crippen LogP contribution < -0.4 is 10.1 Å². The number of benzene rings is 1. The highest BCUT2D eigenvalue weighted by Gasteiger charge is 2.40. The van der Waals surface area contributed by atoms with Gasteiger partial charge >= 0.3 is 0 Å². The number of para-hydroxylation sites is 1. The number of aliphatic hydroxyl groups is 2. The molecule has 2 rings (SSSR count). The predicted molar refractivity (Wildman–Crippen MR) is 144 cm³/mol. The quantitative estimate of drug-likeness (QED) is 0.204. The van der Waals surface area contributed by atoms with Crippen LogP contribution in [0.15, 0.2) is 35.9 Å². The summed E-state index contributed by atoms with van der Waals surface area (Å²) in [7, 11) is 0. The van der Waals surface area contributed by atoms with Crippen molar-refractivity contribution in [3.05, 3.63) is 39.5 Å². The maximum absolute atomic E-state index is 13.3. The first-order valence-corrected chi connectivity index (χ1v) is 13.4. The Balaban J connectivity index is 2.33.